The normalized spacial score (nSPS) is 14.3. The van der Waals surface area contributed by atoms with Gasteiger partial charge in [-0.25, -0.2) is 0 Å². The van der Waals surface area contributed by atoms with E-state index < -0.39 is 0 Å². The highest BCUT2D eigenvalue weighted by atomic mass is 15.1. The molecule has 0 aromatic heterocycles. The smallest absolute Gasteiger partial charge is 0.0657 e. The molecule has 0 saturated heterocycles. The summed E-state index contributed by atoms with van der Waals surface area (Å²) in [6.07, 6.45) is 6.34. The Balaban J connectivity index is 1.65. The zero-order valence-electron chi connectivity index (χ0n) is 27.0. The summed E-state index contributed by atoms with van der Waals surface area (Å²) in [5.74, 6) is 0. The van der Waals surface area contributed by atoms with Gasteiger partial charge in [0.15, 0.2) is 0 Å². The number of aliphatic imine (C=N–C) groups is 1. The molecule has 0 fully saturated rings. The Labute approximate surface area is 264 Å². The third kappa shape index (κ3) is 6.48. The number of nitrogens with zero attached hydrogens (tertiary/aromatic N) is 3. The lowest BCUT2D eigenvalue weighted by atomic mass is 9.82. The maximum atomic E-state index is 5.08. The van der Waals surface area contributed by atoms with E-state index in [9.17, 15) is 0 Å². The van der Waals surface area contributed by atoms with Gasteiger partial charge >= 0.3 is 0 Å². The van der Waals surface area contributed by atoms with Crippen molar-refractivity contribution < 1.29 is 0 Å². The molecule has 3 heteroatoms. The second kappa shape index (κ2) is 14.2. The first-order valence-corrected chi connectivity index (χ1v) is 16.0. The lowest BCUT2D eigenvalue weighted by Crippen LogP contribution is -2.22. The van der Waals surface area contributed by atoms with Gasteiger partial charge < -0.3 is 9.80 Å². The van der Waals surface area contributed by atoms with Gasteiger partial charge in [0.2, 0.25) is 0 Å². The predicted octanol–water partition coefficient (Wildman–Crippen LogP) is 9.85. The first-order valence-electron chi connectivity index (χ1n) is 16.0. The molecule has 0 unspecified atom stereocenters. The van der Waals surface area contributed by atoms with Gasteiger partial charge in [-0.2, -0.15) is 0 Å². The largest absolute Gasteiger partial charge is 0.372 e. The van der Waals surface area contributed by atoms with Crippen LogP contribution in [0.1, 0.15) is 66.6 Å². The highest BCUT2D eigenvalue weighted by Gasteiger charge is 2.21. The molecule has 1 aliphatic carbocycles. The zero-order valence-corrected chi connectivity index (χ0v) is 27.0. The van der Waals surface area contributed by atoms with Crippen molar-refractivity contribution in [2.24, 2.45) is 4.99 Å². The van der Waals surface area contributed by atoms with E-state index in [0.29, 0.717) is 6.54 Å². The molecule has 0 saturated carbocycles. The highest BCUT2D eigenvalue weighted by Crippen LogP contribution is 2.39. The van der Waals surface area contributed by atoms with Gasteiger partial charge in [-0.1, -0.05) is 85.5 Å². The number of allylic oxidation sites excluding steroid dienone is 3. The highest BCUT2D eigenvalue weighted by molar-refractivity contribution is 6.19. The van der Waals surface area contributed by atoms with Crippen LogP contribution in [-0.2, 0) is 6.54 Å². The molecule has 0 amide bonds. The van der Waals surface area contributed by atoms with E-state index in [4.69, 9.17) is 4.99 Å². The number of aryl methyl sites for hydroxylation is 1. The Morgan fingerprint density at radius 1 is 0.705 bits per heavy atom. The molecule has 3 nitrogen and oxygen atoms in total. The Morgan fingerprint density at radius 2 is 1.32 bits per heavy atom. The van der Waals surface area contributed by atoms with Gasteiger partial charge in [-0.15, -0.1) is 0 Å². The van der Waals surface area contributed by atoms with Crippen molar-refractivity contribution in [3.8, 4) is 0 Å². The Bertz CT molecular complexity index is 1680. The maximum Gasteiger partial charge on any atom is 0.0657 e. The molecule has 0 bridgehead atoms. The standard InChI is InChI=1S/C41H45N3/c1-7-31-16-18-32(19-17-31)29-42-40-27-26-39(37-14-12-13-15-38(37)40)41(33-20-22-34(23-21-33)43(8-2)9-3)36-25-24-35(28-30(36)6)44(10-4)11-5/h7,12-28H,1,8-11,29H2,2-6H3/b41-39+,42-40?. The van der Waals surface area contributed by atoms with Crippen molar-refractivity contribution in [1.82, 2.24) is 0 Å². The van der Waals surface area contributed by atoms with Crippen molar-refractivity contribution in [2.45, 2.75) is 41.2 Å². The number of rotatable bonds is 11. The molecule has 44 heavy (non-hydrogen) atoms. The maximum absolute atomic E-state index is 5.08. The molecule has 0 atom stereocenters. The molecule has 1 aliphatic rings. The monoisotopic (exact) mass is 579 g/mol. The molecule has 4 aromatic rings. The summed E-state index contributed by atoms with van der Waals surface area (Å²) in [5.41, 5.74) is 14.5. The van der Waals surface area contributed by atoms with E-state index in [-0.39, 0.29) is 0 Å². The Kier molecular flexibility index (Phi) is 9.96. The molecule has 0 radical (unpaired) electrons. The number of hydrogen-bond donors (Lipinski definition) is 0. The van der Waals surface area contributed by atoms with E-state index >= 15 is 0 Å². The fourth-order valence-corrected chi connectivity index (χ4v) is 6.17. The third-order valence-corrected chi connectivity index (χ3v) is 8.71. The second-order valence-electron chi connectivity index (χ2n) is 11.2. The van der Waals surface area contributed by atoms with Crippen LogP contribution in [0.15, 0.2) is 115 Å². The minimum Gasteiger partial charge on any atom is -0.372 e. The summed E-state index contributed by atoms with van der Waals surface area (Å²) in [6.45, 7) is 19.6. The first kappa shape index (κ1) is 30.8. The predicted molar refractivity (Wildman–Crippen MR) is 193 cm³/mol. The second-order valence-corrected chi connectivity index (χ2v) is 11.2. The van der Waals surface area contributed by atoms with Crippen LogP contribution in [0.5, 0.6) is 0 Å². The number of anilines is 2. The zero-order chi connectivity index (χ0) is 31.1. The SMILES string of the molecule is C=Cc1ccc(CN=C2C=C/C(=C(/c3ccc(N(CC)CC)cc3)c3ccc(N(CC)CC)cc3C)c3ccccc32)cc1. The van der Waals surface area contributed by atoms with Crippen LogP contribution in [0.4, 0.5) is 11.4 Å². The summed E-state index contributed by atoms with van der Waals surface area (Å²) < 4.78 is 0. The van der Waals surface area contributed by atoms with Gasteiger partial charge in [-0.3, -0.25) is 4.99 Å². The minimum absolute atomic E-state index is 0.635. The van der Waals surface area contributed by atoms with Crippen molar-refractivity contribution in [3.05, 3.63) is 149 Å². The van der Waals surface area contributed by atoms with Crippen LogP contribution in [0.25, 0.3) is 17.2 Å². The van der Waals surface area contributed by atoms with Crippen molar-refractivity contribution >= 4 is 34.3 Å². The minimum atomic E-state index is 0.635. The topological polar surface area (TPSA) is 18.8 Å². The number of hydrogen-bond acceptors (Lipinski definition) is 3. The fourth-order valence-electron chi connectivity index (χ4n) is 6.17. The average molecular weight is 580 g/mol. The summed E-state index contributed by atoms with van der Waals surface area (Å²) in [5, 5.41) is 0. The van der Waals surface area contributed by atoms with Gasteiger partial charge in [0.05, 0.1) is 12.3 Å². The van der Waals surface area contributed by atoms with Crippen molar-refractivity contribution in [2.75, 3.05) is 36.0 Å². The van der Waals surface area contributed by atoms with E-state index in [0.717, 1.165) is 37.5 Å². The fraction of sp³-hybridized carbons (Fsp3) is 0.244. The van der Waals surface area contributed by atoms with Crippen molar-refractivity contribution in [3.63, 3.8) is 0 Å². The Morgan fingerprint density at radius 3 is 1.93 bits per heavy atom. The van der Waals surface area contributed by atoms with Gasteiger partial charge in [0.1, 0.15) is 0 Å². The molecule has 4 aromatic carbocycles. The quantitative estimate of drug-likeness (QED) is 0.176. The van der Waals surface area contributed by atoms with Crippen LogP contribution in [0.2, 0.25) is 0 Å². The first-order chi connectivity index (χ1) is 21.5. The number of fused-ring (bicyclic) bond motifs is 1. The summed E-state index contributed by atoms with van der Waals surface area (Å²) in [6, 6.07) is 33.2. The lowest BCUT2D eigenvalue weighted by Gasteiger charge is -2.25. The third-order valence-electron chi connectivity index (χ3n) is 8.71. The van der Waals surface area contributed by atoms with E-state index in [1.807, 2.05) is 6.08 Å². The average Bonchev–Trinajstić information content (AvgIpc) is 3.07. The van der Waals surface area contributed by atoms with Crippen LogP contribution in [0.3, 0.4) is 0 Å². The molecule has 0 spiro atoms. The van der Waals surface area contributed by atoms with Crippen LogP contribution >= 0.6 is 0 Å². The summed E-state index contributed by atoms with van der Waals surface area (Å²) in [4.78, 5) is 9.88. The van der Waals surface area contributed by atoms with Crippen LogP contribution < -0.4 is 9.80 Å². The van der Waals surface area contributed by atoms with Gasteiger partial charge in [-0.05, 0) is 109 Å². The van der Waals surface area contributed by atoms with Gasteiger partial charge in [0.25, 0.3) is 0 Å². The van der Waals surface area contributed by atoms with E-state index in [1.165, 1.54) is 55.9 Å². The molecule has 0 aliphatic heterocycles. The molecule has 224 valence electrons. The van der Waals surface area contributed by atoms with Crippen LogP contribution in [-0.4, -0.2) is 31.9 Å². The lowest BCUT2D eigenvalue weighted by molar-refractivity contribution is 0.865. The van der Waals surface area contributed by atoms with E-state index in [2.05, 4.69) is 154 Å². The number of benzene rings is 4. The molecule has 0 heterocycles. The van der Waals surface area contributed by atoms with Crippen LogP contribution in [0, 0.1) is 6.92 Å². The molecule has 5 rings (SSSR count). The molecule has 0 N–H and O–H groups in total. The molecular weight excluding hydrogens is 534 g/mol. The van der Waals surface area contributed by atoms with Gasteiger partial charge in [0, 0.05) is 43.1 Å². The van der Waals surface area contributed by atoms with E-state index in [1.54, 1.807) is 0 Å². The van der Waals surface area contributed by atoms with Crippen molar-refractivity contribution in [1.29, 1.82) is 0 Å². The summed E-state index contributed by atoms with van der Waals surface area (Å²) >= 11 is 0. The molecular formula is C41H45N3. The Hall–Kier alpha value is -4.63. The summed E-state index contributed by atoms with van der Waals surface area (Å²) in [7, 11) is 0.